The van der Waals surface area contributed by atoms with Crippen molar-refractivity contribution in [2.45, 2.75) is 25.9 Å². The molecule has 1 N–H and O–H groups in total. The number of rotatable bonds is 6. The third-order valence-electron chi connectivity index (χ3n) is 4.42. The van der Waals surface area contributed by atoms with Crippen LogP contribution < -0.4 is 5.32 Å². The van der Waals surface area contributed by atoms with Crippen LogP contribution in [-0.2, 0) is 20.0 Å². The lowest BCUT2D eigenvalue weighted by atomic mass is 10.1. The molecule has 0 saturated heterocycles. The molecular formula is C19H21N7. The summed E-state index contributed by atoms with van der Waals surface area (Å²) in [7, 11) is 1.90. The average molecular weight is 347 g/mol. The Kier molecular flexibility index (Phi) is 4.35. The lowest BCUT2D eigenvalue weighted by molar-refractivity contribution is 0.605. The summed E-state index contributed by atoms with van der Waals surface area (Å²) >= 11 is 0. The van der Waals surface area contributed by atoms with Crippen LogP contribution in [0.2, 0.25) is 0 Å². The molecule has 7 heteroatoms. The summed E-state index contributed by atoms with van der Waals surface area (Å²) in [5.41, 5.74) is 2.03. The summed E-state index contributed by atoms with van der Waals surface area (Å²) in [5.74, 6) is 1.62. The number of aromatic nitrogens is 6. The molecular weight excluding hydrogens is 326 g/mol. The number of fused-ring (bicyclic) bond motifs is 1. The lowest BCUT2D eigenvalue weighted by Gasteiger charge is -2.21. The summed E-state index contributed by atoms with van der Waals surface area (Å²) in [6, 6.07) is 10.4. The van der Waals surface area contributed by atoms with Gasteiger partial charge in [0.15, 0.2) is 5.65 Å². The predicted molar refractivity (Wildman–Crippen MR) is 101 cm³/mol. The molecule has 0 saturated carbocycles. The fraction of sp³-hybridized carbons (Fsp3) is 0.263. The molecule has 0 amide bonds. The van der Waals surface area contributed by atoms with Crippen LogP contribution in [0.15, 0.2) is 55.2 Å². The Balaban J connectivity index is 1.74. The van der Waals surface area contributed by atoms with Gasteiger partial charge in [-0.15, -0.1) is 0 Å². The van der Waals surface area contributed by atoms with Gasteiger partial charge < -0.3 is 9.88 Å². The van der Waals surface area contributed by atoms with E-state index in [1.165, 1.54) is 5.56 Å². The molecule has 0 spiro atoms. The molecule has 0 radical (unpaired) electrons. The van der Waals surface area contributed by atoms with E-state index < -0.39 is 0 Å². The van der Waals surface area contributed by atoms with E-state index in [-0.39, 0.29) is 6.04 Å². The number of benzene rings is 1. The fourth-order valence-electron chi connectivity index (χ4n) is 3.03. The highest BCUT2D eigenvalue weighted by Gasteiger charge is 2.17. The fourth-order valence-corrected chi connectivity index (χ4v) is 3.03. The van der Waals surface area contributed by atoms with E-state index in [1.807, 2.05) is 31.8 Å². The van der Waals surface area contributed by atoms with Crippen molar-refractivity contribution in [1.82, 2.24) is 29.3 Å². The average Bonchev–Trinajstić information content (AvgIpc) is 3.32. The van der Waals surface area contributed by atoms with Gasteiger partial charge in [-0.3, -0.25) is 4.68 Å². The highest BCUT2D eigenvalue weighted by atomic mass is 15.3. The van der Waals surface area contributed by atoms with Crippen molar-refractivity contribution in [2.24, 2.45) is 7.05 Å². The molecule has 0 aliphatic heterocycles. The van der Waals surface area contributed by atoms with E-state index in [4.69, 9.17) is 4.98 Å². The third-order valence-corrected chi connectivity index (χ3v) is 4.42. The summed E-state index contributed by atoms with van der Waals surface area (Å²) < 4.78 is 3.85. The smallest absolute Gasteiger partial charge is 0.163 e. The summed E-state index contributed by atoms with van der Waals surface area (Å²) in [6.07, 6.45) is 8.18. The van der Waals surface area contributed by atoms with Crippen molar-refractivity contribution >= 4 is 16.9 Å². The molecule has 0 aliphatic rings. The maximum atomic E-state index is 4.73. The van der Waals surface area contributed by atoms with Gasteiger partial charge >= 0.3 is 0 Å². The van der Waals surface area contributed by atoms with Crippen molar-refractivity contribution in [3.8, 4) is 0 Å². The zero-order valence-corrected chi connectivity index (χ0v) is 14.9. The Morgan fingerprint density at radius 1 is 1.15 bits per heavy atom. The first kappa shape index (κ1) is 16.3. The van der Waals surface area contributed by atoms with Gasteiger partial charge in [0.05, 0.1) is 24.0 Å². The van der Waals surface area contributed by atoms with Crippen LogP contribution in [-0.4, -0.2) is 29.3 Å². The van der Waals surface area contributed by atoms with Gasteiger partial charge in [-0.05, 0) is 5.56 Å². The monoisotopic (exact) mass is 347 g/mol. The second-order valence-corrected chi connectivity index (χ2v) is 6.21. The Hall–Kier alpha value is -3.22. The van der Waals surface area contributed by atoms with E-state index in [0.717, 1.165) is 35.6 Å². The van der Waals surface area contributed by atoms with Crippen molar-refractivity contribution in [2.75, 3.05) is 5.32 Å². The minimum atomic E-state index is 0.0495. The quantitative estimate of drug-likeness (QED) is 0.580. The molecule has 1 aromatic carbocycles. The number of hydrogen-bond donors (Lipinski definition) is 1. The van der Waals surface area contributed by atoms with Crippen LogP contribution in [0.5, 0.6) is 0 Å². The second-order valence-electron chi connectivity index (χ2n) is 6.21. The van der Waals surface area contributed by atoms with Crippen molar-refractivity contribution in [1.29, 1.82) is 0 Å². The lowest BCUT2D eigenvalue weighted by Crippen LogP contribution is -2.18. The van der Waals surface area contributed by atoms with Crippen LogP contribution in [0.1, 0.15) is 24.4 Å². The van der Waals surface area contributed by atoms with E-state index in [1.54, 1.807) is 10.9 Å². The molecule has 0 unspecified atom stereocenters. The number of aryl methyl sites for hydroxylation is 2. The van der Waals surface area contributed by atoms with Gasteiger partial charge in [0.1, 0.15) is 11.6 Å². The molecule has 26 heavy (non-hydrogen) atoms. The number of nitrogens with one attached hydrogen (secondary N) is 1. The largest absolute Gasteiger partial charge is 0.361 e. The van der Waals surface area contributed by atoms with Crippen LogP contribution in [0.25, 0.3) is 11.0 Å². The summed E-state index contributed by atoms with van der Waals surface area (Å²) in [6.45, 7) is 2.80. The highest BCUT2D eigenvalue weighted by Crippen LogP contribution is 2.26. The molecule has 4 aromatic rings. The summed E-state index contributed by atoms with van der Waals surface area (Å²) in [4.78, 5) is 13.5. The topological polar surface area (TPSA) is 73.5 Å². The number of imidazole rings is 1. The van der Waals surface area contributed by atoms with Gasteiger partial charge in [-0.25, -0.2) is 15.0 Å². The maximum absolute atomic E-state index is 4.73. The molecule has 3 heterocycles. The normalized spacial score (nSPS) is 12.4. The Morgan fingerprint density at radius 2 is 2.00 bits per heavy atom. The SMILES string of the molecule is CCc1nc(N[C@@H](Cn2ccnc2)c2ccccc2)c2cnn(C)c2n1. The van der Waals surface area contributed by atoms with Gasteiger partial charge in [-0.1, -0.05) is 37.3 Å². The molecule has 7 nitrogen and oxygen atoms in total. The molecule has 0 fully saturated rings. The minimum Gasteiger partial charge on any atom is -0.361 e. The van der Waals surface area contributed by atoms with E-state index in [2.05, 4.69) is 56.1 Å². The van der Waals surface area contributed by atoms with Gasteiger partial charge in [0, 0.05) is 32.4 Å². The van der Waals surface area contributed by atoms with Crippen LogP contribution in [0.4, 0.5) is 5.82 Å². The van der Waals surface area contributed by atoms with Gasteiger partial charge in [-0.2, -0.15) is 5.10 Å². The summed E-state index contributed by atoms with van der Waals surface area (Å²) in [5, 5.41) is 8.89. The van der Waals surface area contributed by atoms with Crippen molar-refractivity contribution in [3.05, 3.63) is 66.6 Å². The Bertz CT molecular complexity index is 990. The van der Waals surface area contributed by atoms with Crippen molar-refractivity contribution in [3.63, 3.8) is 0 Å². The number of nitrogens with zero attached hydrogens (tertiary/aromatic N) is 6. The number of anilines is 1. The molecule has 3 aromatic heterocycles. The Morgan fingerprint density at radius 3 is 2.73 bits per heavy atom. The standard InChI is InChI=1S/C19H21N7/c1-3-17-23-18(15-11-21-25(2)19(15)24-17)22-16(12-26-10-9-20-13-26)14-7-5-4-6-8-14/h4-11,13,16H,3,12H2,1-2H3,(H,22,23,24)/t16-/m0/s1. The Labute approximate surface area is 151 Å². The molecule has 0 aliphatic carbocycles. The van der Waals surface area contributed by atoms with Crippen molar-refractivity contribution < 1.29 is 0 Å². The van der Waals surface area contributed by atoms with Gasteiger partial charge in [0.2, 0.25) is 0 Å². The second kappa shape index (κ2) is 6.95. The highest BCUT2D eigenvalue weighted by molar-refractivity contribution is 5.86. The predicted octanol–water partition coefficient (Wildman–Crippen LogP) is 2.98. The first-order valence-corrected chi connectivity index (χ1v) is 8.70. The molecule has 132 valence electrons. The van der Waals surface area contributed by atoms with Crippen LogP contribution >= 0.6 is 0 Å². The number of hydrogen-bond acceptors (Lipinski definition) is 5. The zero-order chi connectivity index (χ0) is 17.9. The first-order valence-electron chi connectivity index (χ1n) is 8.70. The van der Waals surface area contributed by atoms with E-state index in [0.29, 0.717) is 0 Å². The molecule has 0 bridgehead atoms. The van der Waals surface area contributed by atoms with Crippen LogP contribution in [0.3, 0.4) is 0 Å². The minimum absolute atomic E-state index is 0.0495. The van der Waals surface area contributed by atoms with Crippen LogP contribution in [0, 0.1) is 0 Å². The van der Waals surface area contributed by atoms with E-state index >= 15 is 0 Å². The van der Waals surface area contributed by atoms with Gasteiger partial charge in [0.25, 0.3) is 0 Å². The maximum Gasteiger partial charge on any atom is 0.163 e. The molecule has 1 atom stereocenters. The first-order chi connectivity index (χ1) is 12.7. The van der Waals surface area contributed by atoms with E-state index in [9.17, 15) is 0 Å². The molecule has 4 rings (SSSR count). The third kappa shape index (κ3) is 3.15. The zero-order valence-electron chi connectivity index (χ0n) is 14.9.